The standard InChI is InChI=1S/C26H26N4O4S/c27-22-12-10-19(11-13-22)14-15-28-25(31)17-30-24-9-5-4-8-21(24)16-23(26(30)32)29-35(33,34)18-20-6-2-1-3-7-20/h1-13,16,29H,14-15,17-18,27H2,(H,28,31). The Balaban J connectivity index is 1.53. The number of carbonyl (C=O) groups is 1. The highest BCUT2D eigenvalue weighted by atomic mass is 32.2. The smallest absolute Gasteiger partial charge is 0.275 e. The third-order valence-electron chi connectivity index (χ3n) is 5.49. The summed E-state index contributed by atoms with van der Waals surface area (Å²) in [7, 11) is -3.84. The van der Waals surface area contributed by atoms with Gasteiger partial charge in [-0.05, 0) is 41.8 Å². The Hall–Kier alpha value is -4.11. The lowest BCUT2D eigenvalue weighted by Crippen LogP contribution is -2.34. The Morgan fingerprint density at radius 3 is 2.31 bits per heavy atom. The third-order valence-corrected chi connectivity index (χ3v) is 6.73. The number of sulfonamides is 1. The van der Waals surface area contributed by atoms with Gasteiger partial charge in [0.1, 0.15) is 12.2 Å². The summed E-state index contributed by atoms with van der Waals surface area (Å²) in [6.07, 6.45) is 0.612. The fourth-order valence-corrected chi connectivity index (χ4v) is 4.97. The van der Waals surface area contributed by atoms with Gasteiger partial charge in [0.05, 0.1) is 11.3 Å². The number of aromatic nitrogens is 1. The second-order valence-corrected chi connectivity index (χ2v) is 9.92. The van der Waals surface area contributed by atoms with Crippen LogP contribution in [-0.4, -0.2) is 25.4 Å². The minimum atomic E-state index is -3.84. The topological polar surface area (TPSA) is 123 Å². The molecule has 35 heavy (non-hydrogen) atoms. The van der Waals surface area contributed by atoms with Crippen molar-refractivity contribution in [1.82, 2.24) is 9.88 Å². The molecular formula is C26H26N4O4S. The fourth-order valence-electron chi connectivity index (χ4n) is 3.78. The summed E-state index contributed by atoms with van der Waals surface area (Å²) >= 11 is 0. The number of nitrogens with two attached hydrogens (primary N) is 1. The Morgan fingerprint density at radius 2 is 1.57 bits per heavy atom. The van der Waals surface area contributed by atoms with Gasteiger partial charge in [-0.15, -0.1) is 0 Å². The lowest BCUT2D eigenvalue weighted by molar-refractivity contribution is -0.121. The van der Waals surface area contributed by atoms with Crippen LogP contribution in [0.2, 0.25) is 0 Å². The second-order valence-electron chi connectivity index (χ2n) is 8.20. The van der Waals surface area contributed by atoms with Gasteiger partial charge in [-0.25, -0.2) is 8.42 Å². The minimum absolute atomic E-state index is 0.102. The highest BCUT2D eigenvalue weighted by Gasteiger charge is 2.18. The summed E-state index contributed by atoms with van der Waals surface area (Å²) in [4.78, 5) is 25.9. The van der Waals surface area contributed by atoms with Crippen LogP contribution in [0.25, 0.3) is 10.9 Å². The summed E-state index contributed by atoms with van der Waals surface area (Å²) < 4.78 is 29.2. The van der Waals surface area contributed by atoms with Crippen LogP contribution in [0.5, 0.6) is 0 Å². The van der Waals surface area contributed by atoms with Crippen LogP contribution >= 0.6 is 0 Å². The van der Waals surface area contributed by atoms with Gasteiger partial charge in [0, 0.05) is 17.6 Å². The average Bonchev–Trinajstić information content (AvgIpc) is 2.83. The van der Waals surface area contributed by atoms with Crippen LogP contribution in [0.3, 0.4) is 0 Å². The van der Waals surface area contributed by atoms with E-state index in [9.17, 15) is 18.0 Å². The van der Waals surface area contributed by atoms with E-state index in [1.54, 1.807) is 66.7 Å². The molecule has 4 N–H and O–H groups in total. The number of fused-ring (bicyclic) bond motifs is 1. The van der Waals surface area contributed by atoms with Crippen molar-refractivity contribution in [2.45, 2.75) is 18.7 Å². The zero-order valence-electron chi connectivity index (χ0n) is 19.0. The number of nitrogen functional groups attached to an aromatic ring is 1. The number of carbonyl (C=O) groups excluding carboxylic acids is 1. The SMILES string of the molecule is Nc1ccc(CCNC(=O)Cn2c(=O)c(NS(=O)(=O)Cc3ccccc3)cc3ccccc32)cc1. The van der Waals surface area contributed by atoms with Crippen LogP contribution in [0.1, 0.15) is 11.1 Å². The molecule has 0 saturated carbocycles. The highest BCUT2D eigenvalue weighted by molar-refractivity contribution is 7.91. The van der Waals surface area contributed by atoms with Gasteiger partial charge in [0.25, 0.3) is 5.56 Å². The maximum Gasteiger partial charge on any atom is 0.275 e. The molecule has 0 atom stereocenters. The summed E-state index contributed by atoms with van der Waals surface area (Å²) in [6, 6.07) is 24.6. The van der Waals surface area contributed by atoms with Crippen LogP contribution in [0.4, 0.5) is 11.4 Å². The van der Waals surface area contributed by atoms with Gasteiger partial charge in [-0.3, -0.25) is 18.9 Å². The van der Waals surface area contributed by atoms with E-state index < -0.39 is 15.6 Å². The van der Waals surface area contributed by atoms with Crippen molar-refractivity contribution < 1.29 is 13.2 Å². The van der Waals surface area contributed by atoms with Crippen LogP contribution in [0, 0.1) is 0 Å². The molecule has 0 aliphatic heterocycles. The monoisotopic (exact) mass is 490 g/mol. The number of pyridine rings is 1. The minimum Gasteiger partial charge on any atom is -0.399 e. The Kier molecular flexibility index (Phi) is 7.17. The molecule has 1 amide bonds. The van der Waals surface area contributed by atoms with Gasteiger partial charge in [-0.1, -0.05) is 60.7 Å². The van der Waals surface area contributed by atoms with Crippen LogP contribution in [0.15, 0.2) is 89.7 Å². The molecule has 3 aromatic carbocycles. The molecule has 8 nitrogen and oxygen atoms in total. The van der Waals surface area contributed by atoms with Gasteiger partial charge in [0.2, 0.25) is 15.9 Å². The molecule has 0 radical (unpaired) electrons. The normalized spacial score (nSPS) is 11.3. The molecule has 4 rings (SSSR count). The van der Waals surface area contributed by atoms with Crippen molar-refractivity contribution in [2.24, 2.45) is 0 Å². The summed E-state index contributed by atoms with van der Waals surface area (Å²) in [5, 5.41) is 3.46. The average molecular weight is 491 g/mol. The number of hydrogen-bond donors (Lipinski definition) is 3. The maximum absolute atomic E-state index is 13.2. The highest BCUT2D eigenvalue weighted by Crippen LogP contribution is 2.18. The number of anilines is 2. The van der Waals surface area contributed by atoms with Gasteiger partial charge >= 0.3 is 0 Å². The lowest BCUT2D eigenvalue weighted by Gasteiger charge is -2.14. The second kappa shape index (κ2) is 10.4. The first-order valence-corrected chi connectivity index (χ1v) is 12.7. The molecule has 1 aromatic heterocycles. The molecule has 4 aromatic rings. The van der Waals surface area contributed by atoms with Crippen LogP contribution < -0.4 is 21.3 Å². The van der Waals surface area contributed by atoms with E-state index in [2.05, 4.69) is 10.0 Å². The Bertz CT molecular complexity index is 1500. The van der Waals surface area contributed by atoms with E-state index in [4.69, 9.17) is 5.73 Å². The van der Waals surface area contributed by atoms with Gasteiger partial charge in [-0.2, -0.15) is 0 Å². The number of amides is 1. The van der Waals surface area contributed by atoms with Crippen molar-refractivity contribution in [1.29, 1.82) is 0 Å². The number of rotatable bonds is 9. The molecule has 0 fully saturated rings. The van der Waals surface area contributed by atoms with Crippen molar-refractivity contribution in [3.8, 4) is 0 Å². The number of hydrogen-bond acceptors (Lipinski definition) is 5. The largest absolute Gasteiger partial charge is 0.399 e. The molecule has 1 heterocycles. The fraction of sp³-hybridized carbons (Fsp3) is 0.154. The molecule has 0 aliphatic rings. The maximum atomic E-state index is 13.2. The van der Waals surface area contributed by atoms with E-state index in [1.165, 1.54) is 10.6 Å². The molecule has 0 unspecified atom stereocenters. The van der Waals surface area contributed by atoms with E-state index >= 15 is 0 Å². The predicted octanol–water partition coefficient (Wildman–Crippen LogP) is 2.88. The number of nitrogens with one attached hydrogen (secondary N) is 2. The molecule has 0 spiro atoms. The summed E-state index contributed by atoms with van der Waals surface area (Å²) in [5.74, 6) is -0.622. The van der Waals surface area contributed by atoms with E-state index in [0.717, 1.165) is 5.56 Å². The Morgan fingerprint density at radius 1 is 0.886 bits per heavy atom. The van der Waals surface area contributed by atoms with Crippen LogP contribution in [-0.2, 0) is 33.5 Å². The summed E-state index contributed by atoms with van der Waals surface area (Å²) in [5.41, 5.74) is 7.83. The first-order chi connectivity index (χ1) is 16.8. The number of benzene rings is 3. The molecular weight excluding hydrogens is 464 g/mol. The van der Waals surface area contributed by atoms with Crippen molar-refractivity contribution >= 4 is 38.2 Å². The van der Waals surface area contributed by atoms with Gasteiger partial charge in [0.15, 0.2) is 0 Å². The predicted molar refractivity (Wildman–Crippen MR) is 138 cm³/mol. The molecule has 0 bridgehead atoms. The summed E-state index contributed by atoms with van der Waals surface area (Å²) in [6.45, 7) is 0.147. The van der Waals surface area contributed by atoms with Crippen molar-refractivity contribution in [3.05, 3.63) is 106 Å². The zero-order valence-corrected chi connectivity index (χ0v) is 19.8. The quantitative estimate of drug-likeness (QED) is 0.311. The van der Waals surface area contributed by atoms with Crippen molar-refractivity contribution in [3.63, 3.8) is 0 Å². The molecule has 0 aliphatic carbocycles. The van der Waals surface area contributed by atoms with E-state index in [1.807, 2.05) is 12.1 Å². The lowest BCUT2D eigenvalue weighted by atomic mass is 10.1. The third kappa shape index (κ3) is 6.27. The number of para-hydroxylation sites is 1. The molecule has 9 heteroatoms. The number of nitrogens with zero attached hydrogens (tertiary/aromatic N) is 1. The van der Waals surface area contributed by atoms with E-state index in [-0.39, 0.29) is 23.9 Å². The zero-order chi connectivity index (χ0) is 24.8. The first kappa shape index (κ1) is 24.0. The van der Waals surface area contributed by atoms with Crippen molar-refractivity contribution in [2.75, 3.05) is 17.0 Å². The Labute approximate surface area is 203 Å². The van der Waals surface area contributed by atoms with Gasteiger partial charge < -0.3 is 11.1 Å². The first-order valence-electron chi connectivity index (χ1n) is 11.1. The molecule has 180 valence electrons. The molecule has 0 saturated heterocycles. The van der Waals surface area contributed by atoms with E-state index in [0.29, 0.717) is 35.1 Å².